The Morgan fingerprint density at radius 2 is 1.93 bits per heavy atom. The number of hydrogen-bond acceptors (Lipinski definition) is 1. The summed E-state index contributed by atoms with van der Waals surface area (Å²) >= 11 is 0. The molecule has 14 heavy (non-hydrogen) atoms. The fourth-order valence-corrected chi connectivity index (χ4v) is 2.91. The summed E-state index contributed by atoms with van der Waals surface area (Å²) in [4.78, 5) is 0.934. The monoisotopic (exact) mass is 206 g/mol. The Morgan fingerprint density at radius 3 is 2.50 bits per heavy atom. The van der Waals surface area contributed by atoms with Gasteiger partial charge in [-0.2, -0.15) is 0 Å². The minimum Gasteiger partial charge on any atom is -0.254 e. The molecule has 0 saturated heterocycles. The first kappa shape index (κ1) is 9.91. The van der Waals surface area contributed by atoms with E-state index in [2.05, 4.69) is 6.42 Å². The SMILES string of the molecule is Cc1ccc([S@@](=O)[C]2[CH]CCC2)cc1. The lowest BCUT2D eigenvalue weighted by Crippen LogP contribution is -2.01. The van der Waals surface area contributed by atoms with Crippen LogP contribution in [0.15, 0.2) is 29.2 Å². The Morgan fingerprint density at radius 1 is 1.21 bits per heavy atom. The van der Waals surface area contributed by atoms with Crippen LogP contribution in [0.5, 0.6) is 0 Å². The fourth-order valence-electron chi connectivity index (χ4n) is 1.62. The zero-order valence-corrected chi connectivity index (χ0v) is 9.14. The molecule has 0 bridgehead atoms. The topological polar surface area (TPSA) is 17.1 Å². The van der Waals surface area contributed by atoms with E-state index in [-0.39, 0.29) is 0 Å². The Kier molecular flexibility index (Phi) is 3.02. The van der Waals surface area contributed by atoms with Crippen molar-refractivity contribution < 1.29 is 4.21 Å². The molecule has 0 amide bonds. The van der Waals surface area contributed by atoms with Crippen LogP contribution in [0.4, 0.5) is 0 Å². The molecule has 1 aliphatic carbocycles. The van der Waals surface area contributed by atoms with Gasteiger partial charge >= 0.3 is 0 Å². The van der Waals surface area contributed by atoms with E-state index in [9.17, 15) is 4.21 Å². The van der Waals surface area contributed by atoms with E-state index >= 15 is 0 Å². The van der Waals surface area contributed by atoms with Crippen LogP contribution in [0, 0.1) is 18.6 Å². The largest absolute Gasteiger partial charge is 0.254 e. The van der Waals surface area contributed by atoms with E-state index < -0.39 is 10.8 Å². The van der Waals surface area contributed by atoms with Crippen LogP contribution in [0.3, 0.4) is 0 Å². The molecule has 2 radical (unpaired) electrons. The predicted molar refractivity (Wildman–Crippen MR) is 59.0 cm³/mol. The highest BCUT2D eigenvalue weighted by atomic mass is 32.2. The molecule has 1 atom stereocenters. The van der Waals surface area contributed by atoms with Crippen LogP contribution in [-0.4, -0.2) is 4.21 Å². The first-order valence-electron chi connectivity index (χ1n) is 4.95. The summed E-state index contributed by atoms with van der Waals surface area (Å²) < 4.78 is 12.0. The summed E-state index contributed by atoms with van der Waals surface area (Å²) in [7, 11) is -0.906. The molecular weight excluding hydrogens is 192 g/mol. The Balaban J connectivity index is 2.14. The first-order chi connectivity index (χ1) is 6.77. The molecule has 1 fully saturated rings. The molecule has 2 rings (SSSR count). The highest BCUT2D eigenvalue weighted by Crippen LogP contribution is 2.32. The number of benzene rings is 1. The van der Waals surface area contributed by atoms with Gasteiger partial charge in [0.1, 0.15) is 0 Å². The van der Waals surface area contributed by atoms with E-state index in [1.807, 2.05) is 31.2 Å². The van der Waals surface area contributed by atoms with Crippen LogP contribution < -0.4 is 0 Å². The molecule has 2 heteroatoms. The highest BCUT2D eigenvalue weighted by Gasteiger charge is 2.23. The molecule has 0 unspecified atom stereocenters. The van der Waals surface area contributed by atoms with Crippen molar-refractivity contribution in [1.29, 1.82) is 0 Å². The van der Waals surface area contributed by atoms with Crippen molar-refractivity contribution in [2.24, 2.45) is 0 Å². The number of hydrogen-bond donors (Lipinski definition) is 0. The van der Waals surface area contributed by atoms with Crippen molar-refractivity contribution in [1.82, 2.24) is 0 Å². The second-order valence-corrected chi connectivity index (χ2v) is 5.18. The van der Waals surface area contributed by atoms with Crippen molar-refractivity contribution in [3.63, 3.8) is 0 Å². The summed E-state index contributed by atoms with van der Waals surface area (Å²) in [6.07, 6.45) is 5.37. The van der Waals surface area contributed by atoms with Gasteiger partial charge in [-0.1, -0.05) is 24.1 Å². The quantitative estimate of drug-likeness (QED) is 0.727. The minimum absolute atomic E-state index is 0.906. The zero-order valence-electron chi connectivity index (χ0n) is 8.32. The molecule has 0 spiro atoms. The third-order valence-electron chi connectivity index (χ3n) is 2.47. The lowest BCUT2D eigenvalue weighted by molar-refractivity contribution is 0.682. The Labute approximate surface area is 88.0 Å². The van der Waals surface area contributed by atoms with Crippen LogP contribution in [0.2, 0.25) is 0 Å². The van der Waals surface area contributed by atoms with Crippen molar-refractivity contribution in [2.75, 3.05) is 0 Å². The lowest BCUT2D eigenvalue weighted by atomic mass is 10.2. The molecule has 1 aliphatic rings. The number of aryl methyl sites for hydroxylation is 1. The summed E-state index contributed by atoms with van der Waals surface area (Å²) in [5.74, 6) is 0. The third kappa shape index (κ3) is 2.06. The van der Waals surface area contributed by atoms with Gasteiger partial charge in [0.25, 0.3) is 0 Å². The predicted octanol–water partition coefficient (Wildman–Crippen LogP) is 3.02. The van der Waals surface area contributed by atoms with Crippen molar-refractivity contribution in [3.8, 4) is 0 Å². The maximum Gasteiger partial charge on any atom is 0.0714 e. The standard InChI is InChI=1S/C12H14OS/c1-10-6-8-12(9-7-10)14(13)11-4-2-3-5-11/h4,6-9H,2-3,5H2,1H3/t14-/m0/s1. The average molecular weight is 206 g/mol. The van der Waals surface area contributed by atoms with Gasteiger partial charge in [-0.05, 0) is 38.3 Å². The highest BCUT2D eigenvalue weighted by molar-refractivity contribution is 7.88. The summed E-state index contributed by atoms with van der Waals surface area (Å²) in [6.45, 7) is 2.04. The normalized spacial score (nSPS) is 19.8. The molecular formula is C12H14OS. The smallest absolute Gasteiger partial charge is 0.0714 e. The van der Waals surface area contributed by atoms with Crippen LogP contribution in [0.25, 0.3) is 0 Å². The van der Waals surface area contributed by atoms with Gasteiger partial charge in [0.15, 0.2) is 0 Å². The maximum absolute atomic E-state index is 12.0. The lowest BCUT2D eigenvalue weighted by Gasteiger charge is -2.07. The van der Waals surface area contributed by atoms with Crippen molar-refractivity contribution >= 4 is 10.8 Å². The maximum atomic E-state index is 12.0. The molecule has 1 aromatic carbocycles. The van der Waals surface area contributed by atoms with E-state index in [0.29, 0.717) is 0 Å². The van der Waals surface area contributed by atoms with E-state index in [4.69, 9.17) is 0 Å². The van der Waals surface area contributed by atoms with Gasteiger partial charge in [-0.15, -0.1) is 0 Å². The minimum atomic E-state index is -0.906. The van der Waals surface area contributed by atoms with E-state index in [1.165, 1.54) is 5.56 Å². The number of rotatable bonds is 2. The third-order valence-corrected chi connectivity index (χ3v) is 4.02. The molecule has 0 aliphatic heterocycles. The van der Waals surface area contributed by atoms with Gasteiger partial charge < -0.3 is 0 Å². The van der Waals surface area contributed by atoms with Crippen LogP contribution in [0.1, 0.15) is 24.8 Å². The summed E-state index contributed by atoms with van der Waals surface area (Å²) in [6, 6.07) is 7.96. The molecule has 0 heterocycles. The molecule has 0 N–H and O–H groups in total. The zero-order chi connectivity index (χ0) is 9.97. The molecule has 1 aromatic rings. The van der Waals surface area contributed by atoms with E-state index in [0.717, 1.165) is 29.4 Å². The Bertz CT molecular complexity index is 323. The van der Waals surface area contributed by atoms with Gasteiger partial charge in [0.2, 0.25) is 0 Å². The van der Waals surface area contributed by atoms with Crippen molar-refractivity contribution in [2.45, 2.75) is 31.1 Å². The van der Waals surface area contributed by atoms with Crippen LogP contribution >= 0.6 is 0 Å². The Hall–Kier alpha value is -0.630. The summed E-state index contributed by atoms with van der Waals surface area (Å²) in [5.41, 5.74) is 1.21. The molecule has 74 valence electrons. The van der Waals surface area contributed by atoms with E-state index in [1.54, 1.807) is 0 Å². The molecule has 0 aromatic heterocycles. The van der Waals surface area contributed by atoms with Crippen molar-refractivity contribution in [3.05, 3.63) is 41.5 Å². The second-order valence-electron chi connectivity index (χ2n) is 3.64. The average Bonchev–Trinajstić information content (AvgIpc) is 2.71. The van der Waals surface area contributed by atoms with Crippen LogP contribution in [-0.2, 0) is 10.8 Å². The van der Waals surface area contributed by atoms with Gasteiger partial charge in [0, 0.05) is 4.90 Å². The fraction of sp³-hybridized carbons (Fsp3) is 0.333. The molecule has 1 saturated carbocycles. The summed E-state index contributed by atoms with van der Waals surface area (Å²) in [5, 5.41) is 1.11. The molecule has 1 nitrogen and oxygen atoms in total. The second kappa shape index (κ2) is 4.26. The van der Waals surface area contributed by atoms with Gasteiger partial charge in [0.05, 0.1) is 16.0 Å². The van der Waals surface area contributed by atoms with Gasteiger partial charge in [-0.25, -0.2) is 0 Å². The van der Waals surface area contributed by atoms with Gasteiger partial charge in [-0.3, -0.25) is 4.21 Å². The first-order valence-corrected chi connectivity index (χ1v) is 6.10.